The third-order valence-corrected chi connectivity index (χ3v) is 2.29. The SMILES string of the molecule is O=[N+]([O-])c1cc(N=C=S)ccc1CCBr. The number of benzene rings is 1. The van der Waals surface area contributed by atoms with Gasteiger partial charge in [-0.05, 0) is 30.8 Å². The Hall–Kier alpha value is -1.10. The van der Waals surface area contributed by atoms with Crippen LogP contribution in [0.5, 0.6) is 0 Å². The molecule has 0 saturated carbocycles. The van der Waals surface area contributed by atoms with E-state index in [4.69, 9.17) is 0 Å². The third kappa shape index (κ3) is 3.20. The lowest BCUT2D eigenvalue weighted by molar-refractivity contribution is -0.385. The van der Waals surface area contributed by atoms with Gasteiger partial charge < -0.3 is 0 Å². The highest BCUT2D eigenvalue weighted by Crippen LogP contribution is 2.25. The first-order chi connectivity index (χ1) is 7.19. The van der Waals surface area contributed by atoms with E-state index < -0.39 is 4.92 Å². The number of nitro groups is 1. The number of hydrogen-bond donors (Lipinski definition) is 0. The summed E-state index contributed by atoms with van der Waals surface area (Å²) in [5.74, 6) is 0. The molecule has 4 nitrogen and oxygen atoms in total. The Morgan fingerprint density at radius 2 is 2.33 bits per heavy atom. The Labute approximate surface area is 100 Å². The van der Waals surface area contributed by atoms with Gasteiger partial charge in [0.25, 0.3) is 5.69 Å². The number of thiocarbonyl (C=S) groups is 1. The second-order valence-electron chi connectivity index (χ2n) is 2.71. The lowest BCUT2D eigenvalue weighted by Crippen LogP contribution is -1.95. The van der Waals surface area contributed by atoms with E-state index in [0.717, 1.165) is 0 Å². The summed E-state index contributed by atoms with van der Waals surface area (Å²) in [5, 5.41) is 13.6. The van der Waals surface area contributed by atoms with Gasteiger partial charge in [0.1, 0.15) is 0 Å². The highest BCUT2D eigenvalue weighted by atomic mass is 79.9. The van der Waals surface area contributed by atoms with Crippen LogP contribution >= 0.6 is 28.1 Å². The molecular weight excluding hydrogens is 280 g/mol. The van der Waals surface area contributed by atoms with Gasteiger partial charge in [-0.1, -0.05) is 15.9 Å². The molecule has 0 atom stereocenters. The number of nitro benzene ring substituents is 1. The number of nitrogens with zero attached hydrogens (tertiary/aromatic N) is 2. The minimum Gasteiger partial charge on any atom is -0.258 e. The number of halogens is 1. The van der Waals surface area contributed by atoms with Crippen molar-refractivity contribution in [2.75, 3.05) is 5.33 Å². The predicted octanol–water partition coefficient (Wildman–Crippen LogP) is 3.27. The Morgan fingerprint density at radius 1 is 1.60 bits per heavy atom. The number of hydrogen-bond acceptors (Lipinski definition) is 4. The van der Waals surface area contributed by atoms with Crippen LogP contribution in [-0.2, 0) is 6.42 Å². The number of aryl methyl sites for hydroxylation is 1. The molecule has 0 spiro atoms. The molecule has 6 heteroatoms. The van der Waals surface area contributed by atoms with Crippen LogP contribution < -0.4 is 0 Å². The zero-order valence-corrected chi connectivity index (χ0v) is 10.0. The van der Waals surface area contributed by atoms with E-state index in [1.54, 1.807) is 12.1 Å². The van der Waals surface area contributed by atoms with Crippen molar-refractivity contribution in [1.82, 2.24) is 0 Å². The fraction of sp³-hybridized carbons (Fsp3) is 0.222. The lowest BCUT2D eigenvalue weighted by Gasteiger charge is -2.00. The summed E-state index contributed by atoms with van der Waals surface area (Å²) < 4.78 is 0. The zero-order valence-electron chi connectivity index (χ0n) is 7.64. The summed E-state index contributed by atoms with van der Waals surface area (Å²) in [6, 6.07) is 4.77. The Balaban J connectivity index is 3.19. The Kier molecular flexibility index (Phi) is 4.55. The van der Waals surface area contributed by atoms with Gasteiger partial charge >= 0.3 is 0 Å². The van der Waals surface area contributed by atoms with Crippen molar-refractivity contribution >= 4 is 44.7 Å². The Bertz CT molecular complexity index is 430. The molecule has 0 amide bonds. The molecular formula is C9H7BrN2O2S. The fourth-order valence-corrected chi connectivity index (χ4v) is 1.69. The molecule has 0 aromatic heterocycles. The molecule has 78 valence electrons. The molecule has 0 aliphatic carbocycles. The largest absolute Gasteiger partial charge is 0.274 e. The number of alkyl halides is 1. The fourth-order valence-electron chi connectivity index (χ4n) is 1.16. The van der Waals surface area contributed by atoms with E-state index >= 15 is 0 Å². The molecule has 0 N–H and O–H groups in total. The minimum absolute atomic E-state index is 0.0703. The van der Waals surface area contributed by atoms with Crippen LogP contribution in [0.3, 0.4) is 0 Å². The average Bonchev–Trinajstić information content (AvgIpc) is 2.21. The summed E-state index contributed by atoms with van der Waals surface area (Å²) >= 11 is 7.68. The molecule has 0 unspecified atom stereocenters. The van der Waals surface area contributed by atoms with Crippen molar-refractivity contribution in [3.63, 3.8) is 0 Å². The molecule has 15 heavy (non-hydrogen) atoms. The Morgan fingerprint density at radius 3 is 2.87 bits per heavy atom. The summed E-state index contributed by atoms with van der Waals surface area (Å²) in [6.07, 6.45) is 0.609. The van der Waals surface area contributed by atoms with Crippen LogP contribution in [0, 0.1) is 10.1 Å². The summed E-state index contributed by atoms with van der Waals surface area (Å²) in [7, 11) is 0. The highest BCUT2D eigenvalue weighted by Gasteiger charge is 2.13. The first-order valence-electron chi connectivity index (χ1n) is 4.10. The topological polar surface area (TPSA) is 55.5 Å². The molecule has 0 radical (unpaired) electrons. The van der Waals surface area contributed by atoms with Gasteiger partial charge in [-0.3, -0.25) is 10.1 Å². The first kappa shape index (κ1) is 12.0. The van der Waals surface area contributed by atoms with Gasteiger partial charge in [0.15, 0.2) is 0 Å². The molecule has 0 fully saturated rings. The van der Waals surface area contributed by atoms with Gasteiger partial charge in [-0.25, -0.2) is 0 Å². The lowest BCUT2D eigenvalue weighted by atomic mass is 10.1. The maximum absolute atomic E-state index is 10.8. The number of rotatable bonds is 4. The second-order valence-corrected chi connectivity index (χ2v) is 3.69. The van der Waals surface area contributed by atoms with E-state index in [1.807, 2.05) is 0 Å². The summed E-state index contributed by atoms with van der Waals surface area (Å²) in [5.41, 5.74) is 1.20. The van der Waals surface area contributed by atoms with Gasteiger partial charge in [0, 0.05) is 17.0 Å². The predicted molar refractivity (Wildman–Crippen MR) is 65.3 cm³/mol. The monoisotopic (exact) mass is 286 g/mol. The first-order valence-corrected chi connectivity index (χ1v) is 5.63. The van der Waals surface area contributed by atoms with Crippen molar-refractivity contribution in [3.05, 3.63) is 33.9 Å². The van der Waals surface area contributed by atoms with E-state index in [9.17, 15) is 10.1 Å². The van der Waals surface area contributed by atoms with Gasteiger partial charge in [0.2, 0.25) is 0 Å². The number of aliphatic imine (C=N–C) groups is 1. The second kappa shape index (κ2) is 5.70. The van der Waals surface area contributed by atoms with Crippen molar-refractivity contribution < 1.29 is 4.92 Å². The van der Waals surface area contributed by atoms with Crippen molar-refractivity contribution in [2.45, 2.75) is 6.42 Å². The van der Waals surface area contributed by atoms with E-state index in [2.05, 4.69) is 38.3 Å². The quantitative estimate of drug-likeness (QED) is 0.281. The minimum atomic E-state index is -0.416. The highest BCUT2D eigenvalue weighted by molar-refractivity contribution is 9.09. The van der Waals surface area contributed by atoms with Crippen LogP contribution in [0.4, 0.5) is 11.4 Å². The van der Waals surface area contributed by atoms with Crippen molar-refractivity contribution in [1.29, 1.82) is 0 Å². The van der Waals surface area contributed by atoms with Crippen LogP contribution in [-0.4, -0.2) is 15.4 Å². The van der Waals surface area contributed by atoms with Crippen LogP contribution in [0.15, 0.2) is 23.2 Å². The number of isothiocyanates is 1. The maximum Gasteiger partial charge on any atom is 0.274 e. The van der Waals surface area contributed by atoms with Gasteiger partial charge in [-0.15, -0.1) is 0 Å². The standard InChI is InChI=1S/C9H7BrN2O2S/c10-4-3-7-1-2-8(11-6-15)5-9(7)12(13)14/h1-2,5H,3-4H2. The zero-order chi connectivity index (χ0) is 11.3. The molecule has 0 aliphatic rings. The van der Waals surface area contributed by atoms with Crippen LogP contribution in [0.25, 0.3) is 0 Å². The average molecular weight is 287 g/mol. The van der Waals surface area contributed by atoms with E-state index in [1.165, 1.54) is 6.07 Å². The van der Waals surface area contributed by atoms with Gasteiger partial charge in [0.05, 0.1) is 15.8 Å². The van der Waals surface area contributed by atoms with Crippen molar-refractivity contribution in [3.8, 4) is 0 Å². The summed E-state index contributed by atoms with van der Waals surface area (Å²) in [6.45, 7) is 0. The third-order valence-electron chi connectivity index (χ3n) is 1.80. The van der Waals surface area contributed by atoms with Crippen LogP contribution in [0.1, 0.15) is 5.56 Å². The molecule has 0 saturated heterocycles. The van der Waals surface area contributed by atoms with Crippen LogP contribution in [0.2, 0.25) is 0 Å². The van der Waals surface area contributed by atoms with Gasteiger partial charge in [-0.2, -0.15) is 4.99 Å². The van der Waals surface area contributed by atoms with E-state index in [-0.39, 0.29) is 5.69 Å². The molecule has 1 aromatic rings. The molecule has 1 aromatic carbocycles. The van der Waals surface area contributed by atoms with Crippen molar-refractivity contribution in [2.24, 2.45) is 4.99 Å². The molecule has 0 aliphatic heterocycles. The molecule has 1 rings (SSSR count). The molecule has 0 bridgehead atoms. The smallest absolute Gasteiger partial charge is 0.258 e. The van der Waals surface area contributed by atoms with E-state index in [0.29, 0.717) is 23.0 Å². The maximum atomic E-state index is 10.8. The molecule has 0 heterocycles. The summed E-state index contributed by atoms with van der Waals surface area (Å²) in [4.78, 5) is 14.0. The normalized spacial score (nSPS) is 9.40.